The summed E-state index contributed by atoms with van der Waals surface area (Å²) in [7, 11) is 0. The average Bonchev–Trinajstić information content (AvgIpc) is 3.58. The van der Waals surface area contributed by atoms with Gasteiger partial charge in [0.15, 0.2) is 24.8 Å². The maximum Gasteiger partial charge on any atom is 0.415 e. The lowest BCUT2D eigenvalue weighted by molar-refractivity contribution is -0.137. The summed E-state index contributed by atoms with van der Waals surface area (Å²) in [5.74, 6) is 1.16. The Kier molecular flexibility index (Phi) is 8.98. The second kappa shape index (κ2) is 13.2. The SMILES string of the molecule is N#Cc1c(OCCNC(=O)COC=O)ccc2c1CC(CNCCC1CN(c3ccc4c(n3)NC(=O)CO4)C(=O)O1)C2. The summed E-state index contributed by atoms with van der Waals surface area (Å²) in [5, 5.41) is 18.5. The van der Waals surface area contributed by atoms with Crippen molar-refractivity contribution >= 4 is 36.0 Å². The van der Waals surface area contributed by atoms with E-state index in [2.05, 4.69) is 31.7 Å². The lowest BCUT2D eigenvalue weighted by Crippen LogP contribution is -2.31. The number of nitrogens with zero attached hydrogens (tertiary/aromatic N) is 3. The molecular formula is C28H30N6O8. The Bertz CT molecular complexity index is 1410. The summed E-state index contributed by atoms with van der Waals surface area (Å²) in [6.45, 7) is 1.89. The molecule has 1 aromatic carbocycles. The summed E-state index contributed by atoms with van der Waals surface area (Å²) >= 11 is 0. The topological polar surface area (TPSA) is 181 Å². The minimum absolute atomic E-state index is 0.0683. The van der Waals surface area contributed by atoms with Crippen molar-refractivity contribution in [2.75, 3.05) is 56.2 Å². The van der Waals surface area contributed by atoms with Crippen LogP contribution in [0.4, 0.5) is 16.4 Å². The normalized spacial score (nSPS) is 18.6. The van der Waals surface area contributed by atoms with Crippen molar-refractivity contribution in [1.82, 2.24) is 15.6 Å². The third-order valence-electron chi connectivity index (χ3n) is 7.14. The van der Waals surface area contributed by atoms with Crippen LogP contribution >= 0.6 is 0 Å². The number of carbonyl (C=O) groups is 4. The predicted molar refractivity (Wildman–Crippen MR) is 146 cm³/mol. The summed E-state index contributed by atoms with van der Waals surface area (Å²) in [4.78, 5) is 51.5. The highest BCUT2D eigenvalue weighted by Crippen LogP contribution is 2.34. The van der Waals surface area contributed by atoms with E-state index in [1.807, 2.05) is 6.07 Å². The van der Waals surface area contributed by atoms with Gasteiger partial charge in [-0.1, -0.05) is 6.07 Å². The molecule has 3 amide bonds. The number of nitriles is 1. The van der Waals surface area contributed by atoms with Gasteiger partial charge in [-0.15, -0.1) is 0 Å². The van der Waals surface area contributed by atoms with Crippen LogP contribution in [-0.2, 0) is 36.7 Å². The summed E-state index contributed by atoms with van der Waals surface area (Å²) < 4.78 is 21.0. The fourth-order valence-corrected chi connectivity index (χ4v) is 5.20. The highest BCUT2D eigenvalue weighted by molar-refractivity contribution is 5.95. The Morgan fingerprint density at radius 1 is 1.24 bits per heavy atom. The number of nitrogens with one attached hydrogen (secondary N) is 3. The summed E-state index contributed by atoms with van der Waals surface area (Å²) in [6, 6.07) is 9.34. The molecule has 220 valence electrons. The van der Waals surface area contributed by atoms with Crippen LogP contribution in [-0.4, -0.2) is 81.5 Å². The van der Waals surface area contributed by atoms with Crippen molar-refractivity contribution in [2.24, 2.45) is 5.92 Å². The molecule has 2 aliphatic heterocycles. The number of anilines is 2. The van der Waals surface area contributed by atoms with Crippen LogP contribution in [0.3, 0.4) is 0 Å². The molecule has 3 N–H and O–H groups in total. The standard InChI is InChI=1S/C28H30N6O8/c29-11-21-20-10-17(9-18(20)1-2-22(21)40-8-7-31-25(36)14-39-16-35)12-30-6-5-19-13-34(28(38)42-19)24-4-3-23-27(32-24)33-26(37)15-41-23/h1-4,16-17,19,30H,5-10,12-15H2,(H,31,36)(H,32,33,37). The molecule has 5 rings (SSSR count). The van der Waals surface area contributed by atoms with Crippen LogP contribution in [0.25, 0.3) is 0 Å². The fourth-order valence-electron chi connectivity index (χ4n) is 5.20. The van der Waals surface area contributed by atoms with Crippen LogP contribution in [0.1, 0.15) is 23.1 Å². The largest absolute Gasteiger partial charge is 0.490 e. The molecule has 3 aliphatic rings. The van der Waals surface area contributed by atoms with Gasteiger partial charge >= 0.3 is 6.09 Å². The van der Waals surface area contributed by atoms with Crippen molar-refractivity contribution in [2.45, 2.75) is 25.4 Å². The monoisotopic (exact) mass is 578 g/mol. The highest BCUT2D eigenvalue weighted by atomic mass is 16.6. The number of cyclic esters (lactones) is 1. The molecule has 2 atom stereocenters. The number of fused-ring (bicyclic) bond motifs is 2. The summed E-state index contributed by atoms with van der Waals surface area (Å²) in [6.07, 6.45) is 1.39. The molecule has 1 saturated heterocycles. The molecule has 1 fully saturated rings. The minimum Gasteiger partial charge on any atom is -0.490 e. The Labute approximate surface area is 241 Å². The van der Waals surface area contributed by atoms with Crippen molar-refractivity contribution in [3.63, 3.8) is 0 Å². The second-order valence-electron chi connectivity index (χ2n) is 10.0. The Morgan fingerprint density at radius 2 is 2.12 bits per heavy atom. The van der Waals surface area contributed by atoms with Gasteiger partial charge in [-0.05, 0) is 67.6 Å². The molecular weight excluding hydrogens is 548 g/mol. The quantitative estimate of drug-likeness (QED) is 0.224. The first-order chi connectivity index (χ1) is 20.4. The van der Waals surface area contributed by atoms with Gasteiger partial charge in [0.2, 0.25) is 0 Å². The fraction of sp³-hybridized carbons (Fsp3) is 0.429. The van der Waals surface area contributed by atoms with E-state index in [1.165, 1.54) is 4.90 Å². The third-order valence-corrected chi connectivity index (χ3v) is 7.14. The average molecular weight is 579 g/mol. The number of benzene rings is 1. The zero-order valence-corrected chi connectivity index (χ0v) is 22.7. The van der Waals surface area contributed by atoms with Crippen molar-refractivity contribution in [3.05, 3.63) is 41.0 Å². The summed E-state index contributed by atoms with van der Waals surface area (Å²) in [5.41, 5.74) is 2.60. The van der Waals surface area contributed by atoms with Gasteiger partial charge in [-0.2, -0.15) is 5.26 Å². The van der Waals surface area contributed by atoms with E-state index in [0.717, 1.165) is 30.5 Å². The molecule has 14 nitrogen and oxygen atoms in total. The third kappa shape index (κ3) is 6.69. The van der Waals surface area contributed by atoms with Gasteiger partial charge in [0.1, 0.15) is 30.3 Å². The number of hydrogen-bond donors (Lipinski definition) is 3. The molecule has 0 spiro atoms. The maximum absolute atomic E-state index is 12.5. The van der Waals surface area contributed by atoms with Gasteiger partial charge in [0, 0.05) is 0 Å². The maximum atomic E-state index is 12.5. The van der Waals surface area contributed by atoms with Crippen LogP contribution in [0.2, 0.25) is 0 Å². The van der Waals surface area contributed by atoms with Crippen molar-refractivity contribution < 1.29 is 38.1 Å². The molecule has 0 saturated carbocycles. The van der Waals surface area contributed by atoms with E-state index >= 15 is 0 Å². The Hall–Kier alpha value is -4.90. The number of pyridine rings is 1. The highest BCUT2D eigenvalue weighted by Gasteiger charge is 2.34. The molecule has 0 bridgehead atoms. The molecule has 2 aromatic rings. The van der Waals surface area contributed by atoms with Gasteiger partial charge < -0.3 is 34.9 Å². The number of hydrogen-bond acceptors (Lipinski definition) is 11. The van der Waals surface area contributed by atoms with E-state index in [0.29, 0.717) is 48.3 Å². The van der Waals surface area contributed by atoms with E-state index in [-0.39, 0.29) is 50.7 Å². The molecule has 1 aliphatic carbocycles. The Balaban J connectivity index is 1.05. The van der Waals surface area contributed by atoms with Crippen molar-refractivity contribution in [1.29, 1.82) is 5.26 Å². The molecule has 3 heterocycles. The lowest BCUT2D eigenvalue weighted by Gasteiger charge is -2.19. The second-order valence-corrected chi connectivity index (χ2v) is 10.0. The molecule has 1 aromatic heterocycles. The smallest absolute Gasteiger partial charge is 0.415 e. The number of ether oxygens (including phenoxy) is 4. The predicted octanol–water partition coefficient (Wildman–Crippen LogP) is 0.672. The van der Waals surface area contributed by atoms with Crippen LogP contribution in [0, 0.1) is 17.2 Å². The number of amides is 3. The first kappa shape index (κ1) is 28.6. The molecule has 2 unspecified atom stereocenters. The van der Waals surface area contributed by atoms with Crippen molar-refractivity contribution in [3.8, 4) is 17.6 Å². The lowest BCUT2D eigenvalue weighted by atomic mass is 10.0. The first-order valence-electron chi connectivity index (χ1n) is 13.6. The number of carbonyl (C=O) groups excluding carboxylic acids is 4. The first-order valence-corrected chi connectivity index (χ1v) is 13.6. The van der Waals surface area contributed by atoms with Crippen LogP contribution < -0.4 is 30.3 Å². The molecule has 0 radical (unpaired) electrons. The van der Waals surface area contributed by atoms with Crippen LogP contribution in [0.5, 0.6) is 11.5 Å². The van der Waals surface area contributed by atoms with E-state index < -0.39 is 12.0 Å². The molecule has 42 heavy (non-hydrogen) atoms. The van der Waals surface area contributed by atoms with E-state index in [1.54, 1.807) is 18.2 Å². The zero-order chi connectivity index (χ0) is 29.5. The number of rotatable bonds is 13. The number of aromatic nitrogens is 1. The van der Waals surface area contributed by atoms with E-state index in [9.17, 15) is 24.4 Å². The van der Waals surface area contributed by atoms with E-state index in [4.69, 9.17) is 14.2 Å². The Morgan fingerprint density at radius 3 is 2.95 bits per heavy atom. The van der Waals surface area contributed by atoms with Gasteiger partial charge in [0.25, 0.3) is 18.3 Å². The van der Waals surface area contributed by atoms with Gasteiger partial charge in [-0.3, -0.25) is 19.3 Å². The van der Waals surface area contributed by atoms with Gasteiger partial charge in [-0.25, -0.2) is 9.78 Å². The zero-order valence-electron chi connectivity index (χ0n) is 22.7. The van der Waals surface area contributed by atoms with Gasteiger partial charge in [0.05, 0.1) is 18.7 Å². The minimum atomic E-state index is -0.488. The van der Waals surface area contributed by atoms with Crippen LogP contribution in [0.15, 0.2) is 24.3 Å². The molecule has 14 heteroatoms.